The molecule has 0 spiro atoms. The minimum atomic E-state index is 0. The number of hydrogen-bond donors (Lipinski definition) is 2. The molecular weight excluding hydrogens is 324 g/mol. The number of methoxy groups -OCH3 is 1. The summed E-state index contributed by atoms with van der Waals surface area (Å²) in [6.45, 7) is 3.22. The van der Waals surface area contributed by atoms with Gasteiger partial charge in [0.1, 0.15) is 5.75 Å². The van der Waals surface area contributed by atoms with Crippen LogP contribution in [0.4, 0.5) is 0 Å². The Morgan fingerprint density at radius 2 is 2.00 bits per heavy atom. The molecule has 1 fully saturated rings. The van der Waals surface area contributed by atoms with Gasteiger partial charge in [-0.1, -0.05) is 18.6 Å². The van der Waals surface area contributed by atoms with Crippen LogP contribution >= 0.6 is 12.4 Å². The van der Waals surface area contributed by atoms with Crippen LogP contribution in [0.1, 0.15) is 51.0 Å². The molecule has 1 aliphatic rings. The molecule has 1 aromatic rings. The number of carbonyl (C=O) groups is 1. The van der Waals surface area contributed by atoms with Crippen molar-refractivity contribution in [1.82, 2.24) is 10.6 Å². The van der Waals surface area contributed by atoms with E-state index in [1.807, 2.05) is 12.1 Å². The fourth-order valence-electron chi connectivity index (χ4n) is 3.10. The summed E-state index contributed by atoms with van der Waals surface area (Å²) in [6, 6.07) is 8.93. The molecule has 1 saturated heterocycles. The first-order valence-corrected chi connectivity index (χ1v) is 8.84. The van der Waals surface area contributed by atoms with Crippen LogP contribution in [0.3, 0.4) is 0 Å². The SMILES string of the molecule is COc1ccc(CCCCCC(=O)NC2CCCNC2C)cc1.Cl. The predicted octanol–water partition coefficient (Wildman–Crippen LogP) is 3.48. The highest BCUT2D eigenvalue weighted by Gasteiger charge is 2.21. The van der Waals surface area contributed by atoms with Crippen molar-refractivity contribution in [2.75, 3.05) is 13.7 Å². The Kier molecular flexibility index (Phi) is 9.80. The first kappa shape index (κ1) is 20.8. The van der Waals surface area contributed by atoms with Crippen LogP contribution in [0.15, 0.2) is 24.3 Å². The molecule has 0 bridgehead atoms. The van der Waals surface area contributed by atoms with E-state index in [2.05, 4.69) is 29.7 Å². The van der Waals surface area contributed by atoms with Gasteiger partial charge in [-0.05, 0) is 63.3 Å². The molecule has 0 radical (unpaired) electrons. The number of benzene rings is 1. The van der Waals surface area contributed by atoms with E-state index < -0.39 is 0 Å². The molecule has 5 heteroatoms. The molecule has 24 heavy (non-hydrogen) atoms. The number of halogens is 1. The molecule has 2 N–H and O–H groups in total. The zero-order valence-corrected chi connectivity index (χ0v) is 15.7. The highest BCUT2D eigenvalue weighted by molar-refractivity contribution is 5.85. The summed E-state index contributed by atoms with van der Waals surface area (Å²) in [5, 5.41) is 6.59. The summed E-state index contributed by atoms with van der Waals surface area (Å²) in [5.41, 5.74) is 1.33. The van der Waals surface area contributed by atoms with Gasteiger partial charge in [0, 0.05) is 18.5 Å². The van der Waals surface area contributed by atoms with E-state index in [9.17, 15) is 4.79 Å². The first-order chi connectivity index (χ1) is 11.2. The van der Waals surface area contributed by atoms with E-state index in [1.54, 1.807) is 7.11 Å². The standard InChI is InChI=1S/C19H30N2O2.ClH/c1-15-18(8-6-14-20-15)21-19(22)9-5-3-4-7-16-10-12-17(23-2)13-11-16;/h10-13,15,18,20H,3-9,14H2,1-2H3,(H,21,22);1H. The quantitative estimate of drug-likeness (QED) is 0.703. The van der Waals surface area contributed by atoms with Crippen molar-refractivity contribution in [1.29, 1.82) is 0 Å². The summed E-state index contributed by atoms with van der Waals surface area (Å²) in [5.74, 6) is 1.10. The number of hydrogen-bond acceptors (Lipinski definition) is 3. The smallest absolute Gasteiger partial charge is 0.220 e. The zero-order valence-electron chi connectivity index (χ0n) is 14.8. The number of aryl methyl sites for hydroxylation is 1. The monoisotopic (exact) mass is 354 g/mol. The summed E-state index contributed by atoms with van der Waals surface area (Å²) >= 11 is 0. The van der Waals surface area contributed by atoms with Gasteiger partial charge in [0.15, 0.2) is 0 Å². The lowest BCUT2D eigenvalue weighted by atomic mass is 9.99. The molecule has 0 saturated carbocycles. The second kappa shape index (κ2) is 11.3. The molecule has 0 aromatic heterocycles. The maximum absolute atomic E-state index is 12.0. The van der Waals surface area contributed by atoms with Crippen LogP contribution in [0.5, 0.6) is 5.75 Å². The van der Waals surface area contributed by atoms with Gasteiger partial charge in [-0.2, -0.15) is 0 Å². The largest absolute Gasteiger partial charge is 0.497 e. The molecule has 2 unspecified atom stereocenters. The molecule has 2 rings (SSSR count). The van der Waals surface area contributed by atoms with E-state index in [4.69, 9.17) is 4.74 Å². The Labute approximate surface area is 152 Å². The molecule has 1 aliphatic heterocycles. The van der Waals surface area contributed by atoms with Crippen LogP contribution in [0.25, 0.3) is 0 Å². The number of rotatable bonds is 8. The van der Waals surface area contributed by atoms with Crippen molar-refractivity contribution in [2.45, 2.75) is 64.0 Å². The summed E-state index contributed by atoms with van der Waals surface area (Å²) in [4.78, 5) is 12.0. The average Bonchev–Trinajstić information content (AvgIpc) is 2.57. The molecule has 1 amide bonds. The number of piperidine rings is 1. The minimum Gasteiger partial charge on any atom is -0.497 e. The summed E-state index contributed by atoms with van der Waals surface area (Å²) < 4.78 is 5.16. The molecule has 136 valence electrons. The number of amides is 1. The Bertz CT molecular complexity index is 479. The van der Waals surface area contributed by atoms with Gasteiger partial charge in [-0.25, -0.2) is 0 Å². The average molecular weight is 355 g/mol. The third-order valence-corrected chi connectivity index (χ3v) is 4.64. The molecule has 4 nitrogen and oxygen atoms in total. The van der Waals surface area contributed by atoms with E-state index in [-0.39, 0.29) is 18.3 Å². The fraction of sp³-hybridized carbons (Fsp3) is 0.632. The topological polar surface area (TPSA) is 50.4 Å². The van der Waals surface area contributed by atoms with Crippen molar-refractivity contribution in [2.24, 2.45) is 0 Å². The Morgan fingerprint density at radius 1 is 1.25 bits per heavy atom. The van der Waals surface area contributed by atoms with Crippen molar-refractivity contribution in [3.63, 3.8) is 0 Å². The predicted molar refractivity (Wildman–Crippen MR) is 101 cm³/mol. The van der Waals surface area contributed by atoms with Crippen molar-refractivity contribution in [3.8, 4) is 5.75 Å². The van der Waals surface area contributed by atoms with Gasteiger partial charge in [0.2, 0.25) is 5.91 Å². The highest BCUT2D eigenvalue weighted by Crippen LogP contribution is 2.14. The minimum absolute atomic E-state index is 0. The Morgan fingerprint density at radius 3 is 2.67 bits per heavy atom. The molecule has 0 aliphatic carbocycles. The van der Waals surface area contributed by atoms with Gasteiger partial charge in [0.05, 0.1) is 7.11 Å². The first-order valence-electron chi connectivity index (χ1n) is 8.84. The highest BCUT2D eigenvalue weighted by atomic mass is 35.5. The van der Waals surface area contributed by atoms with Gasteiger partial charge in [0.25, 0.3) is 0 Å². The Hall–Kier alpha value is -1.26. The van der Waals surface area contributed by atoms with E-state index >= 15 is 0 Å². The third-order valence-electron chi connectivity index (χ3n) is 4.64. The number of ether oxygens (including phenoxy) is 1. The van der Waals surface area contributed by atoms with Crippen LogP contribution < -0.4 is 15.4 Å². The van der Waals surface area contributed by atoms with Crippen LogP contribution in [-0.4, -0.2) is 31.6 Å². The van der Waals surface area contributed by atoms with Gasteiger partial charge in [-0.3, -0.25) is 4.79 Å². The van der Waals surface area contributed by atoms with Crippen LogP contribution in [-0.2, 0) is 11.2 Å². The van der Waals surface area contributed by atoms with Crippen LogP contribution in [0, 0.1) is 0 Å². The zero-order chi connectivity index (χ0) is 16.5. The van der Waals surface area contributed by atoms with E-state index in [0.29, 0.717) is 18.5 Å². The van der Waals surface area contributed by atoms with Crippen molar-refractivity contribution in [3.05, 3.63) is 29.8 Å². The molecule has 1 aromatic carbocycles. The van der Waals surface area contributed by atoms with Crippen LogP contribution in [0.2, 0.25) is 0 Å². The van der Waals surface area contributed by atoms with E-state index in [1.165, 1.54) is 5.56 Å². The lowest BCUT2D eigenvalue weighted by molar-refractivity contribution is -0.122. The maximum Gasteiger partial charge on any atom is 0.220 e. The van der Waals surface area contributed by atoms with Crippen molar-refractivity contribution >= 4 is 18.3 Å². The lowest BCUT2D eigenvalue weighted by Gasteiger charge is -2.30. The number of unbranched alkanes of at least 4 members (excludes halogenated alkanes) is 2. The number of carbonyl (C=O) groups excluding carboxylic acids is 1. The summed E-state index contributed by atoms with van der Waals surface area (Å²) in [7, 11) is 1.68. The fourth-order valence-corrected chi connectivity index (χ4v) is 3.10. The van der Waals surface area contributed by atoms with E-state index in [0.717, 1.165) is 50.8 Å². The second-order valence-corrected chi connectivity index (χ2v) is 6.47. The molecule has 1 heterocycles. The third kappa shape index (κ3) is 7.10. The van der Waals surface area contributed by atoms with Gasteiger partial charge < -0.3 is 15.4 Å². The number of nitrogens with one attached hydrogen (secondary N) is 2. The summed E-state index contributed by atoms with van der Waals surface area (Å²) in [6.07, 6.45) is 7.14. The molecule has 2 atom stereocenters. The van der Waals surface area contributed by atoms with Gasteiger partial charge in [-0.15, -0.1) is 12.4 Å². The normalized spacial score (nSPS) is 20.1. The maximum atomic E-state index is 12.0. The molecular formula is C19H31ClN2O2. The van der Waals surface area contributed by atoms with Crippen molar-refractivity contribution < 1.29 is 9.53 Å². The lowest BCUT2D eigenvalue weighted by Crippen LogP contribution is -2.51. The van der Waals surface area contributed by atoms with Gasteiger partial charge >= 0.3 is 0 Å². The Balaban J connectivity index is 0.00000288. The second-order valence-electron chi connectivity index (χ2n) is 6.47.